The van der Waals surface area contributed by atoms with Crippen molar-refractivity contribution in [3.05, 3.63) is 0 Å². The molecule has 1 aliphatic rings. The second kappa shape index (κ2) is 6.59. The maximum Gasteiger partial charge on any atom is 0.223 e. The van der Waals surface area contributed by atoms with Crippen LogP contribution in [0.5, 0.6) is 0 Å². The lowest BCUT2D eigenvalue weighted by molar-refractivity contribution is -0.134. The quantitative estimate of drug-likeness (QED) is 0.736. The third-order valence-corrected chi connectivity index (χ3v) is 3.37. The first kappa shape index (κ1) is 14.0. The van der Waals surface area contributed by atoms with Crippen LogP contribution >= 0.6 is 0 Å². The first-order valence-corrected chi connectivity index (χ1v) is 6.25. The fourth-order valence-corrected chi connectivity index (χ4v) is 2.05. The summed E-state index contributed by atoms with van der Waals surface area (Å²) in [5.74, 6) is 0.0611. The van der Waals surface area contributed by atoms with Crippen LogP contribution in [0.4, 0.5) is 0 Å². The minimum absolute atomic E-state index is 0.00843. The van der Waals surface area contributed by atoms with Crippen LogP contribution in [0, 0.1) is 5.92 Å². The average Bonchev–Trinajstić information content (AvgIpc) is 2.35. The number of piperidine rings is 1. The van der Waals surface area contributed by atoms with Gasteiger partial charge in [-0.25, -0.2) is 0 Å². The van der Waals surface area contributed by atoms with Gasteiger partial charge in [-0.05, 0) is 19.3 Å². The number of amides is 2. The molecule has 0 spiro atoms. The van der Waals surface area contributed by atoms with Crippen molar-refractivity contribution in [3.8, 4) is 0 Å². The van der Waals surface area contributed by atoms with Gasteiger partial charge in [-0.2, -0.15) is 0 Å². The minimum atomic E-state index is -0.145. The van der Waals surface area contributed by atoms with E-state index in [0.29, 0.717) is 25.9 Å². The number of hydrogen-bond donors (Lipinski definition) is 2. The van der Waals surface area contributed by atoms with Crippen LogP contribution in [-0.2, 0) is 9.59 Å². The molecule has 17 heavy (non-hydrogen) atoms. The average molecular weight is 242 g/mol. The molecule has 98 valence electrons. The number of nitrogens with one attached hydrogen (secondary N) is 1. The fraction of sp³-hybridized carbons (Fsp3) is 0.833. The van der Waals surface area contributed by atoms with Gasteiger partial charge >= 0.3 is 0 Å². The van der Waals surface area contributed by atoms with Crippen molar-refractivity contribution in [2.24, 2.45) is 5.92 Å². The monoisotopic (exact) mass is 242 g/mol. The Hall–Kier alpha value is -1.10. The number of carbonyl (C=O) groups excluding carboxylic acids is 2. The van der Waals surface area contributed by atoms with Crippen molar-refractivity contribution in [2.75, 3.05) is 19.7 Å². The zero-order chi connectivity index (χ0) is 12.8. The van der Waals surface area contributed by atoms with Gasteiger partial charge in [-0.15, -0.1) is 0 Å². The Labute approximate surface area is 102 Å². The normalized spacial score (nSPS) is 18.9. The molecule has 2 N–H and O–H groups in total. The second-order valence-corrected chi connectivity index (χ2v) is 4.58. The van der Waals surface area contributed by atoms with Crippen LogP contribution in [0.15, 0.2) is 0 Å². The van der Waals surface area contributed by atoms with Gasteiger partial charge in [0.1, 0.15) is 0 Å². The van der Waals surface area contributed by atoms with Crippen LogP contribution < -0.4 is 5.32 Å². The van der Waals surface area contributed by atoms with E-state index in [9.17, 15) is 9.59 Å². The summed E-state index contributed by atoms with van der Waals surface area (Å²) >= 11 is 0. The molecule has 2 amide bonds. The molecule has 1 rings (SSSR count). The Morgan fingerprint density at radius 1 is 1.41 bits per heavy atom. The van der Waals surface area contributed by atoms with Crippen molar-refractivity contribution < 1.29 is 14.7 Å². The van der Waals surface area contributed by atoms with E-state index in [0.717, 1.165) is 6.42 Å². The topological polar surface area (TPSA) is 69.6 Å². The molecule has 5 heteroatoms. The predicted octanol–water partition coefficient (Wildman–Crippen LogP) is 0.132. The molecule has 0 radical (unpaired) electrons. The van der Waals surface area contributed by atoms with E-state index in [4.69, 9.17) is 5.11 Å². The van der Waals surface area contributed by atoms with E-state index in [1.165, 1.54) is 0 Å². The van der Waals surface area contributed by atoms with Crippen molar-refractivity contribution in [1.29, 1.82) is 0 Å². The van der Waals surface area contributed by atoms with Gasteiger partial charge < -0.3 is 15.3 Å². The molecule has 0 unspecified atom stereocenters. The van der Waals surface area contributed by atoms with E-state index >= 15 is 0 Å². The lowest BCUT2D eigenvalue weighted by atomic mass is 9.95. The lowest BCUT2D eigenvalue weighted by Gasteiger charge is -2.31. The SMILES string of the molecule is CC[C@H](CO)NC(=O)C1CCN(C(C)=O)CC1. The highest BCUT2D eigenvalue weighted by atomic mass is 16.3. The van der Waals surface area contributed by atoms with Crippen molar-refractivity contribution in [2.45, 2.75) is 39.2 Å². The van der Waals surface area contributed by atoms with Crippen molar-refractivity contribution in [3.63, 3.8) is 0 Å². The smallest absolute Gasteiger partial charge is 0.223 e. The standard InChI is InChI=1S/C12H22N2O3/c1-3-11(8-15)13-12(17)10-4-6-14(7-5-10)9(2)16/h10-11,15H,3-8H2,1-2H3,(H,13,17)/t11-/m1/s1. The van der Waals surface area contributed by atoms with Crippen LogP contribution in [0.25, 0.3) is 0 Å². The molecule has 0 aromatic heterocycles. The predicted molar refractivity (Wildman–Crippen MR) is 64.3 cm³/mol. The highest BCUT2D eigenvalue weighted by Crippen LogP contribution is 2.17. The summed E-state index contributed by atoms with van der Waals surface area (Å²) < 4.78 is 0. The molecule has 1 saturated heterocycles. The molecule has 0 aromatic carbocycles. The van der Waals surface area contributed by atoms with E-state index < -0.39 is 0 Å². The first-order chi connectivity index (χ1) is 8.08. The van der Waals surface area contributed by atoms with Crippen LogP contribution in [0.3, 0.4) is 0 Å². The maximum atomic E-state index is 11.9. The van der Waals surface area contributed by atoms with Gasteiger partial charge in [0.25, 0.3) is 0 Å². The van der Waals surface area contributed by atoms with Crippen molar-refractivity contribution in [1.82, 2.24) is 10.2 Å². The molecule has 0 bridgehead atoms. The van der Waals surface area contributed by atoms with Gasteiger partial charge in [0.15, 0.2) is 0 Å². The Morgan fingerprint density at radius 3 is 2.41 bits per heavy atom. The second-order valence-electron chi connectivity index (χ2n) is 4.58. The lowest BCUT2D eigenvalue weighted by Crippen LogP contribution is -2.45. The zero-order valence-corrected chi connectivity index (χ0v) is 10.6. The minimum Gasteiger partial charge on any atom is -0.394 e. The van der Waals surface area contributed by atoms with Crippen molar-refractivity contribution >= 4 is 11.8 Å². The Balaban J connectivity index is 2.38. The molecule has 0 aromatic rings. The number of carbonyl (C=O) groups is 2. The third kappa shape index (κ3) is 4.00. The van der Waals surface area contributed by atoms with E-state index in [1.54, 1.807) is 11.8 Å². The summed E-state index contributed by atoms with van der Waals surface area (Å²) in [6, 6.07) is -0.145. The molecular formula is C12H22N2O3. The number of rotatable bonds is 4. The highest BCUT2D eigenvalue weighted by molar-refractivity contribution is 5.79. The Kier molecular flexibility index (Phi) is 5.41. The maximum absolute atomic E-state index is 11.9. The molecule has 1 atom stereocenters. The van der Waals surface area contributed by atoms with Gasteiger partial charge in [0, 0.05) is 25.9 Å². The number of aliphatic hydroxyl groups is 1. The van der Waals surface area contributed by atoms with Gasteiger partial charge in [0.2, 0.25) is 11.8 Å². The molecule has 5 nitrogen and oxygen atoms in total. The number of hydrogen-bond acceptors (Lipinski definition) is 3. The van der Waals surface area contributed by atoms with E-state index in [-0.39, 0.29) is 30.4 Å². The third-order valence-electron chi connectivity index (χ3n) is 3.37. The summed E-state index contributed by atoms with van der Waals surface area (Å²) in [6.07, 6.45) is 2.16. The molecule has 1 heterocycles. The summed E-state index contributed by atoms with van der Waals surface area (Å²) in [7, 11) is 0. The molecular weight excluding hydrogens is 220 g/mol. The van der Waals surface area contributed by atoms with Gasteiger partial charge in [-0.1, -0.05) is 6.92 Å². The number of aliphatic hydroxyl groups excluding tert-OH is 1. The highest BCUT2D eigenvalue weighted by Gasteiger charge is 2.26. The van der Waals surface area contributed by atoms with E-state index in [2.05, 4.69) is 5.32 Å². The van der Waals surface area contributed by atoms with Crippen LogP contribution in [0.1, 0.15) is 33.1 Å². The summed E-state index contributed by atoms with van der Waals surface area (Å²) in [5.41, 5.74) is 0. The molecule has 1 aliphatic heterocycles. The Morgan fingerprint density at radius 2 is 2.00 bits per heavy atom. The van der Waals surface area contributed by atoms with E-state index in [1.807, 2.05) is 6.92 Å². The molecule has 0 saturated carbocycles. The van der Waals surface area contributed by atoms with Crippen LogP contribution in [0.2, 0.25) is 0 Å². The number of likely N-dealkylation sites (tertiary alicyclic amines) is 1. The number of nitrogens with zero attached hydrogens (tertiary/aromatic N) is 1. The fourth-order valence-electron chi connectivity index (χ4n) is 2.05. The van der Waals surface area contributed by atoms with Gasteiger partial charge in [0.05, 0.1) is 12.6 Å². The summed E-state index contributed by atoms with van der Waals surface area (Å²) in [6.45, 7) is 4.78. The summed E-state index contributed by atoms with van der Waals surface area (Å²) in [5, 5.41) is 11.9. The summed E-state index contributed by atoms with van der Waals surface area (Å²) in [4.78, 5) is 24.8. The van der Waals surface area contributed by atoms with Gasteiger partial charge in [-0.3, -0.25) is 9.59 Å². The molecule has 1 fully saturated rings. The molecule has 0 aliphatic carbocycles. The first-order valence-electron chi connectivity index (χ1n) is 6.25. The largest absolute Gasteiger partial charge is 0.394 e. The Bertz CT molecular complexity index is 269. The van der Waals surface area contributed by atoms with Crippen LogP contribution in [-0.4, -0.2) is 47.6 Å². The zero-order valence-electron chi connectivity index (χ0n) is 10.6.